The van der Waals surface area contributed by atoms with Crippen molar-refractivity contribution in [3.8, 4) is 0 Å². The standard InChI is InChI=1S/C16H21NO6/c1-16(2,3)23-15(21)17-12(14(19)20)9-13(18)22-10-11-7-5-4-6-8-11/h4-8,12H,9-10H2,1-3H3,(H,17,21)(H,19,20)/t12-/m1/s1/i12D. The van der Waals surface area contributed by atoms with Gasteiger partial charge in [-0.05, 0) is 26.3 Å². The quantitative estimate of drug-likeness (QED) is 0.777. The number of ether oxygens (including phenoxy) is 2. The molecule has 2 N–H and O–H groups in total. The van der Waals surface area contributed by atoms with Crippen LogP contribution in [0.2, 0.25) is 0 Å². The Morgan fingerprint density at radius 2 is 1.87 bits per heavy atom. The molecule has 1 amide bonds. The van der Waals surface area contributed by atoms with E-state index < -0.39 is 36.1 Å². The third-order valence-corrected chi connectivity index (χ3v) is 2.47. The number of hydrogen-bond acceptors (Lipinski definition) is 5. The second-order valence-electron chi connectivity index (χ2n) is 5.73. The number of amides is 1. The van der Waals surface area contributed by atoms with Gasteiger partial charge in [-0.1, -0.05) is 30.3 Å². The van der Waals surface area contributed by atoms with E-state index in [1.807, 2.05) is 5.32 Å². The van der Waals surface area contributed by atoms with E-state index in [2.05, 4.69) is 0 Å². The zero-order valence-corrected chi connectivity index (χ0v) is 13.3. The topological polar surface area (TPSA) is 102 Å². The van der Waals surface area contributed by atoms with Crippen LogP contribution >= 0.6 is 0 Å². The van der Waals surface area contributed by atoms with Gasteiger partial charge in [-0.15, -0.1) is 0 Å². The molecule has 1 rings (SSSR count). The maximum atomic E-state index is 11.8. The number of alkyl carbamates (subject to hydrolysis) is 1. The van der Waals surface area contributed by atoms with Crippen LogP contribution in [0, 0.1) is 0 Å². The molecule has 0 aliphatic rings. The summed E-state index contributed by atoms with van der Waals surface area (Å²) in [6.45, 7) is 4.72. The first-order valence-corrected chi connectivity index (χ1v) is 6.96. The molecule has 7 nitrogen and oxygen atoms in total. The number of carbonyl (C=O) groups is 3. The molecule has 0 aliphatic heterocycles. The van der Waals surface area contributed by atoms with Crippen LogP contribution < -0.4 is 5.32 Å². The first-order chi connectivity index (χ1) is 11.0. The van der Waals surface area contributed by atoms with Crippen molar-refractivity contribution in [1.29, 1.82) is 0 Å². The molecule has 1 aromatic rings. The van der Waals surface area contributed by atoms with Crippen LogP contribution in [0.4, 0.5) is 4.79 Å². The summed E-state index contributed by atoms with van der Waals surface area (Å²) >= 11 is 0. The lowest BCUT2D eigenvalue weighted by molar-refractivity contribution is -0.150. The number of rotatable bonds is 6. The van der Waals surface area contributed by atoms with E-state index >= 15 is 0 Å². The molecular weight excluding hydrogens is 302 g/mol. The van der Waals surface area contributed by atoms with Gasteiger partial charge in [0.05, 0.1) is 7.79 Å². The van der Waals surface area contributed by atoms with Crippen LogP contribution in [0.1, 0.15) is 34.1 Å². The van der Waals surface area contributed by atoms with Gasteiger partial charge in [0, 0.05) is 0 Å². The minimum Gasteiger partial charge on any atom is -0.480 e. The molecule has 7 heteroatoms. The normalized spacial score (nSPS) is 14.1. The molecule has 0 aliphatic carbocycles. The van der Waals surface area contributed by atoms with Gasteiger partial charge in [-0.25, -0.2) is 9.59 Å². The van der Waals surface area contributed by atoms with Gasteiger partial charge in [-0.2, -0.15) is 0 Å². The minimum absolute atomic E-state index is 0.0538. The SMILES string of the molecule is [2H][C@](CC(=O)OCc1ccccc1)(NC(=O)OC(C)(C)C)C(=O)O. The highest BCUT2D eigenvalue weighted by atomic mass is 16.6. The fraction of sp³-hybridized carbons (Fsp3) is 0.438. The van der Waals surface area contributed by atoms with E-state index in [1.54, 1.807) is 51.1 Å². The summed E-state index contributed by atoms with van der Waals surface area (Å²) in [5, 5.41) is 11.0. The van der Waals surface area contributed by atoms with Crippen LogP contribution in [-0.4, -0.2) is 34.8 Å². The van der Waals surface area contributed by atoms with E-state index in [4.69, 9.17) is 16.0 Å². The van der Waals surface area contributed by atoms with Crippen molar-refractivity contribution in [3.63, 3.8) is 0 Å². The van der Waals surface area contributed by atoms with Gasteiger partial charge in [0.2, 0.25) is 0 Å². The van der Waals surface area contributed by atoms with Crippen LogP contribution in [-0.2, 0) is 25.7 Å². The van der Waals surface area contributed by atoms with Crippen molar-refractivity contribution in [3.05, 3.63) is 35.9 Å². The van der Waals surface area contributed by atoms with Crippen molar-refractivity contribution in [2.24, 2.45) is 0 Å². The predicted octanol–water partition coefficient (Wildman–Crippen LogP) is 2.10. The van der Waals surface area contributed by atoms with E-state index in [0.29, 0.717) is 0 Å². The fourth-order valence-corrected chi connectivity index (χ4v) is 1.53. The Morgan fingerprint density at radius 1 is 1.26 bits per heavy atom. The number of hydrogen-bond donors (Lipinski definition) is 2. The number of nitrogens with one attached hydrogen (secondary N) is 1. The van der Waals surface area contributed by atoms with Crippen LogP contribution in [0.5, 0.6) is 0 Å². The zero-order valence-electron chi connectivity index (χ0n) is 14.3. The van der Waals surface area contributed by atoms with Gasteiger partial charge < -0.3 is 19.9 Å². The van der Waals surface area contributed by atoms with Crippen molar-refractivity contribution in [2.45, 2.75) is 45.4 Å². The molecule has 0 saturated heterocycles. The lowest BCUT2D eigenvalue weighted by Crippen LogP contribution is -2.44. The second-order valence-corrected chi connectivity index (χ2v) is 5.73. The summed E-state index contributed by atoms with van der Waals surface area (Å²) in [5.74, 6) is -2.61. The summed E-state index contributed by atoms with van der Waals surface area (Å²) in [5.41, 5.74) is -0.144. The van der Waals surface area contributed by atoms with Gasteiger partial charge in [0.25, 0.3) is 0 Å². The Labute approximate surface area is 136 Å². The van der Waals surface area contributed by atoms with Crippen LogP contribution in [0.15, 0.2) is 30.3 Å². The predicted molar refractivity (Wildman–Crippen MR) is 81.6 cm³/mol. The largest absolute Gasteiger partial charge is 0.480 e. The molecule has 0 aromatic heterocycles. The molecule has 0 bridgehead atoms. The van der Waals surface area contributed by atoms with E-state index in [-0.39, 0.29) is 6.61 Å². The van der Waals surface area contributed by atoms with Crippen molar-refractivity contribution in [2.75, 3.05) is 0 Å². The molecule has 126 valence electrons. The Balaban J connectivity index is 2.65. The molecule has 0 spiro atoms. The maximum absolute atomic E-state index is 11.8. The zero-order chi connectivity index (χ0) is 18.4. The number of carboxylic acid groups (broad SMARTS) is 1. The van der Waals surface area contributed by atoms with Crippen LogP contribution in [0.25, 0.3) is 0 Å². The first kappa shape index (κ1) is 16.8. The van der Waals surface area contributed by atoms with E-state index in [9.17, 15) is 14.4 Å². The third-order valence-electron chi connectivity index (χ3n) is 2.47. The fourth-order valence-electron chi connectivity index (χ4n) is 1.53. The molecule has 23 heavy (non-hydrogen) atoms. The second kappa shape index (κ2) is 8.17. The average Bonchev–Trinajstić information content (AvgIpc) is 2.43. The number of carboxylic acids is 1. The average molecular weight is 324 g/mol. The molecule has 0 heterocycles. The lowest BCUT2D eigenvalue weighted by atomic mass is 10.2. The summed E-state index contributed by atoms with van der Waals surface area (Å²) in [6, 6.07) is 6.22. The Kier molecular flexibility index (Phi) is 5.96. The number of benzene rings is 1. The molecule has 0 saturated carbocycles. The highest BCUT2D eigenvalue weighted by molar-refractivity contribution is 5.85. The Bertz CT molecular complexity index is 598. The van der Waals surface area contributed by atoms with Crippen molar-refractivity contribution in [1.82, 2.24) is 5.32 Å². The number of esters is 1. The van der Waals surface area contributed by atoms with E-state index in [0.717, 1.165) is 5.56 Å². The van der Waals surface area contributed by atoms with Gasteiger partial charge in [0.1, 0.15) is 18.2 Å². The van der Waals surface area contributed by atoms with E-state index in [1.165, 1.54) is 0 Å². The summed E-state index contributed by atoms with van der Waals surface area (Å²) in [6.07, 6.45) is -1.95. The highest BCUT2D eigenvalue weighted by Gasteiger charge is 2.26. The molecule has 0 unspecified atom stereocenters. The molecule has 0 radical (unpaired) electrons. The smallest absolute Gasteiger partial charge is 0.408 e. The lowest BCUT2D eigenvalue weighted by Gasteiger charge is -2.21. The highest BCUT2D eigenvalue weighted by Crippen LogP contribution is 2.08. The van der Waals surface area contributed by atoms with Crippen LogP contribution in [0.3, 0.4) is 0 Å². The summed E-state index contributed by atoms with van der Waals surface area (Å²) in [4.78, 5) is 34.7. The Hall–Kier alpha value is -2.57. The van der Waals surface area contributed by atoms with Crippen molar-refractivity contribution < 1.29 is 30.3 Å². The molecule has 0 fully saturated rings. The maximum Gasteiger partial charge on any atom is 0.408 e. The monoisotopic (exact) mass is 324 g/mol. The van der Waals surface area contributed by atoms with Gasteiger partial charge in [0.15, 0.2) is 0 Å². The van der Waals surface area contributed by atoms with Gasteiger partial charge >= 0.3 is 18.0 Å². The van der Waals surface area contributed by atoms with Gasteiger partial charge in [-0.3, -0.25) is 4.79 Å². The summed E-state index contributed by atoms with van der Waals surface area (Å²) in [7, 11) is 0. The van der Waals surface area contributed by atoms with Crippen molar-refractivity contribution >= 4 is 18.0 Å². The third kappa shape index (κ3) is 7.85. The molecule has 1 aromatic carbocycles. The summed E-state index contributed by atoms with van der Waals surface area (Å²) < 4.78 is 17.7. The first-order valence-electron chi connectivity index (χ1n) is 7.46. The number of aliphatic carboxylic acids is 1. The molecule has 1 atom stereocenters. The number of carbonyl (C=O) groups excluding carboxylic acids is 2. The Morgan fingerprint density at radius 3 is 2.39 bits per heavy atom. The minimum atomic E-state index is -2.57. The molecular formula is C16H21NO6.